The Bertz CT molecular complexity index is 838. The molecule has 1 saturated heterocycles. The fourth-order valence-electron chi connectivity index (χ4n) is 2.79. The van der Waals surface area contributed by atoms with Crippen LogP contribution >= 0.6 is 35.4 Å². The van der Waals surface area contributed by atoms with Gasteiger partial charge in [-0.2, -0.15) is 13.2 Å². The van der Waals surface area contributed by atoms with Gasteiger partial charge in [-0.15, -0.1) is 0 Å². The molecule has 28 heavy (non-hydrogen) atoms. The Morgan fingerprint density at radius 2 is 1.75 bits per heavy atom. The number of pyridine rings is 1. The molecule has 0 aliphatic carbocycles. The van der Waals surface area contributed by atoms with Crippen LogP contribution < -0.4 is 5.32 Å². The molecular weight excluding hydrogens is 432 g/mol. The SMILES string of the molecule is FC(F)(F)c1cnc(CN2CCN(C(=S)Nc3ccc(Cl)cc3)CC2)c(Cl)c1. The third-order valence-electron chi connectivity index (χ3n) is 4.37. The van der Waals surface area contributed by atoms with Gasteiger partial charge in [0.05, 0.1) is 16.3 Å². The predicted molar refractivity (Wildman–Crippen MR) is 109 cm³/mol. The summed E-state index contributed by atoms with van der Waals surface area (Å²) in [7, 11) is 0. The average Bonchev–Trinajstić information content (AvgIpc) is 2.65. The van der Waals surface area contributed by atoms with Crippen LogP contribution in [0.25, 0.3) is 0 Å². The zero-order valence-electron chi connectivity index (χ0n) is 14.6. The Hall–Kier alpha value is -1.61. The average molecular weight is 449 g/mol. The predicted octanol–water partition coefficient (Wildman–Crippen LogP) is 4.92. The van der Waals surface area contributed by atoms with Gasteiger partial charge in [-0.1, -0.05) is 23.2 Å². The van der Waals surface area contributed by atoms with E-state index in [0.717, 1.165) is 18.0 Å². The van der Waals surface area contributed by atoms with E-state index in [4.69, 9.17) is 35.4 Å². The van der Waals surface area contributed by atoms with Crippen LogP contribution in [-0.4, -0.2) is 46.1 Å². The molecule has 1 fully saturated rings. The molecule has 3 rings (SSSR count). The number of piperazine rings is 1. The second kappa shape index (κ2) is 8.82. The number of nitrogens with one attached hydrogen (secondary N) is 1. The normalized spacial score (nSPS) is 15.5. The summed E-state index contributed by atoms with van der Waals surface area (Å²) in [6, 6.07) is 8.19. The summed E-state index contributed by atoms with van der Waals surface area (Å²) >= 11 is 17.3. The number of aromatic nitrogens is 1. The molecule has 1 aromatic heterocycles. The van der Waals surface area contributed by atoms with Crippen molar-refractivity contribution < 1.29 is 13.2 Å². The van der Waals surface area contributed by atoms with Crippen LogP contribution in [0.4, 0.5) is 18.9 Å². The Morgan fingerprint density at radius 1 is 1.11 bits per heavy atom. The van der Waals surface area contributed by atoms with Crippen LogP contribution in [0.2, 0.25) is 10.0 Å². The Morgan fingerprint density at radius 3 is 2.32 bits per heavy atom. The molecule has 150 valence electrons. The minimum Gasteiger partial charge on any atom is -0.346 e. The molecule has 1 N–H and O–H groups in total. The molecule has 0 radical (unpaired) electrons. The summed E-state index contributed by atoms with van der Waals surface area (Å²) in [6.07, 6.45) is -3.63. The monoisotopic (exact) mass is 448 g/mol. The van der Waals surface area contributed by atoms with Crippen LogP contribution in [0.3, 0.4) is 0 Å². The largest absolute Gasteiger partial charge is 0.417 e. The molecule has 0 amide bonds. The lowest BCUT2D eigenvalue weighted by atomic mass is 10.2. The molecule has 4 nitrogen and oxygen atoms in total. The molecule has 2 heterocycles. The molecule has 0 bridgehead atoms. The molecule has 1 aliphatic heterocycles. The third-order valence-corrected chi connectivity index (χ3v) is 5.31. The first-order chi connectivity index (χ1) is 13.2. The number of halogens is 5. The summed E-state index contributed by atoms with van der Waals surface area (Å²) in [5.74, 6) is 0. The van der Waals surface area contributed by atoms with Gasteiger partial charge in [-0.05, 0) is 42.5 Å². The van der Waals surface area contributed by atoms with E-state index in [2.05, 4.69) is 15.2 Å². The molecule has 1 aliphatic rings. The zero-order valence-corrected chi connectivity index (χ0v) is 17.0. The first-order valence-corrected chi connectivity index (χ1v) is 9.64. The Kier molecular flexibility index (Phi) is 6.65. The summed E-state index contributed by atoms with van der Waals surface area (Å²) in [6.45, 7) is 3.17. The number of anilines is 1. The van der Waals surface area contributed by atoms with E-state index < -0.39 is 11.7 Å². The molecule has 2 aromatic rings. The highest BCUT2D eigenvalue weighted by molar-refractivity contribution is 7.80. The standard InChI is InChI=1S/C18H17Cl2F3N4S/c19-13-1-3-14(4-2-13)25-17(28)27-7-5-26(6-8-27)11-16-15(20)9-12(10-24-16)18(21,22)23/h1-4,9-10H,5-8,11H2,(H,25,28). The van der Waals surface area contributed by atoms with E-state index in [1.54, 1.807) is 12.1 Å². The van der Waals surface area contributed by atoms with E-state index in [-0.39, 0.29) is 5.02 Å². The van der Waals surface area contributed by atoms with Crippen LogP contribution in [-0.2, 0) is 12.7 Å². The number of rotatable bonds is 3. The van der Waals surface area contributed by atoms with Crippen molar-refractivity contribution in [2.45, 2.75) is 12.7 Å². The van der Waals surface area contributed by atoms with Crippen molar-refractivity contribution in [2.75, 3.05) is 31.5 Å². The second-order valence-electron chi connectivity index (χ2n) is 6.35. The van der Waals surface area contributed by atoms with Gasteiger partial charge in [0.2, 0.25) is 0 Å². The highest BCUT2D eigenvalue weighted by Crippen LogP contribution is 2.31. The lowest BCUT2D eigenvalue weighted by Crippen LogP contribution is -2.49. The first-order valence-electron chi connectivity index (χ1n) is 8.48. The molecule has 1 aromatic carbocycles. The summed E-state index contributed by atoms with van der Waals surface area (Å²) in [5, 5.41) is 4.47. The maximum atomic E-state index is 12.7. The maximum absolute atomic E-state index is 12.7. The number of alkyl halides is 3. The van der Waals surface area contributed by atoms with Gasteiger partial charge in [-0.25, -0.2) is 0 Å². The zero-order chi connectivity index (χ0) is 20.3. The molecular formula is C18H17Cl2F3N4S. The molecule has 0 unspecified atom stereocenters. The van der Waals surface area contributed by atoms with Gasteiger partial charge < -0.3 is 10.2 Å². The van der Waals surface area contributed by atoms with Gasteiger partial charge in [0.25, 0.3) is 0 Å². The second-order valence-corrected chi connectivity index (χ2v) is 7.58. The maximum Gasteiger partial charge on any atom is 0.417 e. The summed E-state index contributed by atoms with van der Waals surface area (Å²) in [5.41, 5.74) is 0.451. The van der Waals surface area contributed by atoms with E-state index >= 15 is 0 Å². The van der Waals surface area contributed by atoms with Crippen LogP contribution in [0.1, 0.15) is 11.3 Å². The van der Waals surface area contributed by atoms with Crippen LogP contribution in [0.5, 0.6) is 0 Å². The van der Waals surface area contributed by atoms with E-state index in [9.17, 15) is 13.2 Å². The van der Waals surface area contributed by atoms with Gasteiger partial charge in [0.1, 0.15) is 0 Å². The first kappa shape index (κ1) is 21.1. The smallest absolute Gasteiger partial charge is 0.346 e. The van der Waals surface area contributed by atoms with Crippen molar-refractivity contribution in [1.82, 2.24) is 14.8 Å². The van der Waals surface area contributed by atoms with Crippen molar-refractivity contribution in [3.05, 3.63) is 57.8 Å². The number of benzene rings is 1. The van der Waals surface area contributed by atoms with Crippen molar-refractivity contribution in [3.8, 4) is 0 Å². The highest BCUT2D eigenvalue weighted by Gasteiger charge is 2.31. The van der Waals surface area contributed by atoms with E-state index in [1.807, 2.05) is 17.0 Å². The topological polar surface area (TPSA) is 31.4 Å². The quantitative estimate of drug-likeness (QED) is 0.673. The van der Waals surface area contributed by atoms with Crippen LogP contribution in [0, 0.1) is 0 Å². The Labute approximate surface area is 176 Å². The molecule has 0 atom stereocenters. The van der Waals surface area contributed by atoms with Gasteiger partial charge >= 0.3 is 6.18 Å². The fourth-order valence-corrected chi connectivity index (χ4v) is 3.45. The molecule has 0 saturated carbocycles. The van der Waals surface area contributed by atoms with Crippen LogP contribution in [0.15, 0.2) is 36.5 Å². The minimum absolute atomic E-state index is 0.0252. The third kappa shape index (κ3) is 5.47. The molecule has 10 heteroatoms. The summed E-state index contributed by atoms with van der Waals surface area (Å²) in [4.78, 5) is 8.03. The number of nitrogens with zero attached hydrogens (tertiary/aromatic N) is 3. The van der Waals surface area contributed by atoms with Gasteiger partial charge in [-0.3, -0.25) is 9.88 Å². The van der Waals surface area contributed by atoms with Gasteiger partial charge in [0.15, 0.2) is 5.11 Å². The lowest BCUT2D eigenvalue weighted by Gasteiger charge is -2.36. The number of hydrogen-bond acceptors (Lipinski definition) is 3. The van der Waals surface area contributed by atoms with Crippen molar-refractivity contribution in [3.63, 3.8) is 0 Å². The van der Waals surface area contributed by atoms with E-state index in [1.165, 1.54) is 0 Å². The van der Waals surface area contributed by atoms with Crippen molar-refractivity contribution in [2.24, 2.45) is 0 Å². The summed E-state index contributed by atoms with van der Waals surface area (Å²) < 4.78 is 38.1. The van der Waals surface area contributed by atoms with Crippen molar-refractivity contribution in [1.29, 1.82) is 0 Å². The number of hydrogen-bond donors (Lipinski definition) is 1. The number of thiocarbonyl (C=S) groups is 1. The highest BCUT2D eigenvalue weighted by atomic mass is 35.5. The Balaban J connectivity index is 1.52. The van der Waals surface area contributed by atoms with E-state index in [0.29, 0.717) is 48.6 Å². The fraction of sp³-hybridized carbons (Fsp3) is 0.333. The van der Waals surface area contributed by atoms with Gasteiger partial charge in [0, 0.05) is 49.6 Å². The minimum atomic E-state index is -4.45. The molecule has 0 spiro atoms. The van der Waals surface area contributed by atoms with Crippen molar-refractivity contribution >= 4 is 46.2 Å². The lowest BCUT2D eigenvalue weighted by molar-refractivity contribution is -0.137.